The predicted octanol–water partition coefficient (Wildman–Crippen LogP) is 2.03. The highest BCUT2D eigenvalue weighted by Gasteiger charge is 2.26. The summed E-state index contributed by atoms with van der Waals surface area (Å²) in [6.07, 6.45) is 5.42. The Labute approximate surface area is 152 Å². The smallest absolute Gasteiger partial charge is 0.259 e. The van der Waals surface area contributed by atoms with Gasteiger partial charge in [0.1, 0.15) is 17.0 Å². The number of hydrogen-bond acceptors (Lipinski definition) is 4. The number of piperazine rings is 1. The number of hydrogen-bond donors (Lipinski definition) is 0. The van der Waals surface area contributed by atoms with E-state index in [4.69, 9.17) is 4.74 Å². The number of imidazole rings is 1. The lowest BCUT2D eigenvalue weighted by atomic mass is 10.2. The molecular weight excluding hydrogens is 330 g/mol. The summed E-state index contributed by atoms with van der Waals surface area (Å²) in [5.74, 6) is 0.941. The molecular formula is C19H23N5O2. The minimum absolute atomic E-state index is 0.0412. The standard InChI is InChI=1S/C19H23N5O2/c1-3-26-17-7-5-4-6-16(17)22-9-11-23(12-10-22)19(25)15-14-20-24-13-8-21(2)18(15)24/h4-8,13-14H,3,9-12H2,1-2H3. The molecule has 26 heavy (non-hydrogen) atoms. The normalized spacial score (nSPS) is 14.8. The lowest BCUT2D eigenvalue weighted by Gasteiger charge is -2.36. The summed E-state index contributed by atoms with van der Waals surface area (Å²) in [5.41, 5.74) is 2.58. The number of aromatic nitrogens is 3. The number of rotatable bonds is 4. The van der Waals surface area contributed by atoms with Gasteiger partial charge in [-0.2, -0.15) is 5.10 Å². The molecule has 2 aromatic heterocycles. The van der Waals surface area contributed by atoms with Crippen molar-refractivity contribution >= 4 is 17.2 Å². The third kappa shape index (κ3) is 2.79. The van der Waals surface area contributed by atoms with Crippen molar-refractivity contribution in [3.63, 3.8) is 0 Å². The second-order valence-electron chi connectivity index (χ2n) is 6.42. The van der Waals surface area contributed by atoms with Crippen molar-refractivity contribution in [1.29, 1.82) is 0 Å². The molecule has 136 valence electrons. The fourth-order valence-corrected chi connectivity index (χ4v) is 3.52. The maximum Gasteiger partial charge on any atom is 0.259 e. The highest BCUT2D eigenvalue weighted by Crippen LogP contribution is 2.29. The van der Waals surface area contributed by atoms with E-state index in [1.54, 1.807) is 10.7 Å². The summed E-state index contributed by atoms with van der Waals surface area (Å²) < 4.78 is 9.40. The number of ether oxygens (including phenoxy) is 1. The summed E-state index contributed by atoms with van der Waals surface area (Å²) in [6.45, 7) is 5.57. The molecule has 1 aliphatic rings. The van der Waals surface area contributed by atoms with E-state index in [9.17, 15) is 4.79 Å². The van der Waals surface area contributed by atoms with Crippen LogP contribution in [0.1, 0.15) is 17.3 Å². The first-order valence-corrected chi connectivity index (χ1v) is 8.93. The van der Waals surface area contributed by atoms with Crippen LogP contribution in [-0.2, 0) is 7.05 Å². The van der Waals surface area contributed by atoms with Crippen LogP contribution < -0.4 is 9.64 Å². The zero-order valence-corrected chi connectivity index (χ0v) is 15.1. The van der Waals surface area contributed by atoms with Gasteiger partial charge < -0.3 is 19.1 Å². The summed E-state index contributed by atoms with van der Waals surface area (Å²) in [7, 11) is 1.93. The Balaban J connectivity index is 1.48. The Bertz CT molecular complexity index is 921. The molecule has 1 aliphatic heterocycles. The molecule has 0 spiro atoms. The van der Waals surface area contributed by atoms with E-state index >= 15 is 0 Å². The number of fused-ring (bicyclic) bond motifs is 1. The number of aryl methyl sites for hydroxylation is 1. The van der Waals surface area contributed by atoms with Crippen molar-refractivity contribution in [1.82, 2.24) is 19.1 Å². The maximum absolute atomic E-state index is 13.0. The van der Waals surface area contributed by atoms with Gasteiger partial charge in [0, 0.05) is 45.6 Å². The zero-order chi connectivity index (χ0) is 18.1. The lowest BCUT2D eigenvalue weighted by molar-refractivity contribution is 0.0748. The van der Waals surface area contributed by atoms with Gasteiger partial charge in [-0.1, -0.05) is 12.1 Å². The van der Waals surface area contributed by atoms with E-state index in [2.05, 4.69) is 16.1 Å². The molecule has 3 aromatic rings. The Morgan fingerprint density at radius 2 is 1.92 bits per heavy atom. The Morgan fingerprint density at radius 1 is 1.15 bits per heavy atom. The molecule has 0 radical (unpaired) electrons. The van der Waals surface area contributed by atoms with E-state index in [0.29, 0.717) is 25.3 Å². The quantitative estimate of drug-likeness (QED) is 0.720. The second-order valence-corrected chi connectivity index (χ2v) is 6.42. The van der Waals surface area contributed by atoms with Crippen molar-refractivity contribution in [3.8, 4) is 5.75 Å². The first-order valence-electron chi connectivity index (χ1n) is 8.93. The molecule has 0 aliphatic carbocycles. The van der Waals surface area contributed by atoms with Crippen LogP contribution in [0.15, 0.2) is 42.9 Å². The van der Waals surface area contributed by atoms with Gasteiger partial charge in [0.15, 0.2) is 0 Å². The molecule has 4 rings (SSSR count). The topological polar surface area (TPSA) is 55.0 Å². The van der Waals surface area contributed by atoms with Crippen molar-refractivity contribution in [2.75, 3.05) is 37.7 Å². The average Bonchev–Trinajstić information content (AvgIpc) is 3.25. The molecule has 7 heteroatoms. The maximum atomic E-state index is 13.0. The van der Waals surface area contributed by atoms with Crippen LogP contribution in [0.25, 0.3) is 5.65 Å². The highest BCUT2D eigenvalue weighted by atomic mass is 16.5. The molecule has 1 saturated heterocycles. The minimum Gasteiger partial charge on any atom is -0.492 e. The molecule has 0 saturated carbocycles. The summed E-state index contributed by atoms with van der Waals surface area (Å²) >= 11 is 0. The molecule has 0 N–H and O–H groups in total. The summed E-state index contributed by atoms with van der Waals surface area (Å²) in [5, 5.41) is 4.27. The predicted molar refractivity (Wildman–Crippen MR) is 99.9 cm³/mol. The minimum atomic E-state index is 0.0412. The van der Waals surface area contributed by atoms with Crippen LogP contribution >= 0.6 is 0 Å². The van der Waals surface area contributed by atoms with Gasteiger partial charge in [-0.05, 0) is 19.1 Å². The largest absolute Gasteiger partial charge is 0.492 e. The van der Waals surface area contributed by atoms with E-state index in [1.807, 2.05) is 54.0 Å². The van der Waals surface area contributed by atoms with Crippen LogP contribution in [0.5, 0.6) is 5.75 Å². The number of para-hydroxylation sites is 2. The average molecular weight is 353 g/mol. The summed E-state index contributed by atoms with van der Waals surface area (Å²) in [4.78, 5) is 17.1. The van der Waals surface area contributed by atoms with E-state index in [1.165, 1.54) is 0 Å². The number of carbonyl (C=O) groups is 1. The molecule has 0 unspecified atom stereocenters. The number of amides is 1. The summed E-state index contributed by atoms with van der Waals surface area (Å²) in [6, 6.07) is 8.08. The fraction of sp³-hybridized carbons (Fsp3) is 0.368. The van der Waals surface area contributed by atoms with Gasteiger partial charge in [-0.15, -0.1) is 0 Å². The van der Waals surface area contributed by atoms with Crippen molar-refractivity contribution in [3.05, 3.63) is 48.4 Å². The number of carbonyl (C=O) groups excluding carboxylic acids is 1. The molecule has 0 atom stereocenters. The van der Waals surface area contributed by atoms with Crippen LogP contribution in [0.2, 0.25) is 0 Å². The first-order chi connectivity index (χ1) is 12.7. The van der Waals surface area contributed by atoms with Gasteiger partial charge in [0.25, 0.3) is 5.91 Å². The van der Waals surface area contributed by atoms with E-state index in [0.717, 1.165) is 30.2 Å². The SMILES string of the molecule is CCOc1ccccc1N1CCN(C(=O)c2cnn3ccn(C)c23)CC1. The third-order valence-electron chi connectivity index (χ3n) is 4.84. The fourth-order valence-electron chi connectivity index (χ4n) is 3.52. The molecule has 3 heterocycles. The Morgan fingerprint density at radius 3 is 2.69 bits per heavy atom. The monoisotopic (exact) mass is 353 g/mol. The van der Waals surface area contributed by atoms with Crippen LogP contribution in [0.3, 0.4) is 0 Å². The van der Waals surface area contributed by atoms with Crippen LogP contribution in [-0.4, -0.2) is 57.8 Å². The number of nitrogens with zero attached hydrogens (tertiary/aromatic N) is 5. The van der Waals surface area contributed by atoms with Gasteiger partial charge >= 0.3 is 0 Å². The molecule has 0 bridgehead atoms. The van der Waals surface area contributed by atoms with Crippen LogP contribution in [0, 0.1) is 0 Å². The van der Waals surface area contributed by atoms with E-state index < -0.39 is 0 Å². The molecule has 1 amide bonds. The lowest BCUT2D eigenvalue weighted by Crippen LogP contribution is -2.48. The van der Waals surface area contributed by atoms with Crippen LogP contribution in [0.4, 0.5) is 5.69 Å². The van der Waals surface area contributed by atoms with Crippen molar-refractivity contribution < 1.29 is 9.53 Å². The number of anilines is 1. The molecule has 7 nitrogen and oxygen atoms in total. The Hall–Kier alpha value is -2.96. The highest BCUT2D eigenvalue weighted by molar-refractivity contribution is 6.00. The zero-order valence-electron chi connectivity index (χ0n) is 15.1. The molecule has 1 fully saturated rings. The number of benzene rings is 1. The van der Waals surface area contributed by atoms with Gasteiger partial charge in [0.2, 0.25) is 0 Å². The Kier molecular flexibility index (Phi) is 4.28. The molecule has 1 aromatic carbocycles. The van der Waals surface area contributed by atoms with E-state index in [-0.39, 0.29) is 5.91 Å². The van der Waals surface area contributed by atoms with Gasteiger partial charge in [0.05, 0.1) is 18.5 Å². The third-order valence-corrected chi connectivity index (χ3v) is 4.84. The van der Waals surface area contributed by atoms with Crippen molar-refractivity contribution in [2.24, 2.45) is 7.05 Å². The second kappa shape index (κ2) is 6.74. The first kappa shape index (κ1) is 16.5. The van der Waals surface area contributed by atoms with Crippen molar-refractivity contribution in [2.45, 2.75) is 6.92 Å². The van der Waals surface area contributed by atoms with Gasteiger partial charge in [-0.3, -0.25) is 4.79 Å². The van der Waals surface area contributed by atoms with Gasteiger partial charge in [-0.25, -0.2) is 4.52 Å².